The highest BCUT2D eigenvalue weighted by atomic mass is 32.2. The summed E-state index contributed by atoms with van der Waals surface area (Å²) in [6.45, 7) is 5.38. The maximum atomic E-state index is 13.6. The smallest absolute Gasteiger partial charge is 0.294 e. The van der Waals surface area contributed by atoms with Crippen LogP contribution >= 0.6 is 0 Å². The number of carbonyl (C=O) groups excluding carboxylic acids is 2. The van der Waals surface area contributed by atoms with Crippen molar-refractivity contribution >= 4 is 38.7 Å². The highest BCUT2D eigenvalue weighted by Crippen LogP contribution is 2.39. The first-order chi connectivity index (χ1) is 16.0. The van der Waals surface area contributed by atoms with Crippen molar-refractivity contribution in [3.8, 4) is 5.75 Å². The summed E-state index contributed by atoms with van der Waals surface area (Å²) >= 11 is 0. The second-order valence-corrected chi connectivity index (χ2v) is 9.70. The number of hydrogen-bond donors (Lipinski definition) is 3. The monoisotopic (exact) mass is 480 g/mol. The molecule has 176 valence electrons. The molecule has 0 unspecified atom stereocenters. The molecule has 0 amide bonds. The number of hydrogen-bond acceptors (Lipinski definition) is 7. The normalized spacial score (nSPS) is 12.9. The Labute approximate surface area is 197 Å². The van der Waals surface area contributed by atoms with Gasteiger partial charge in [-0.15, -0.1) is 0 Å². The molecule has 0 heterocycles. The largest absolute Gasteiger partial charge is 0.497 e. The molecule has 0 radical (unpaired) electrons. The van der Waals surface area contributed by atoms with Gasteiger partial charge in [-0.3, -0.25) is 14.1 Å². The lowest BCUT2D eigenvalue weighted by Crippen LogP contribution is -2.25. The number of fused-ring (bicyclic) bond motifs is 2. The fourth-order valence-corrected chi connectivity index (χ4v) is 4.84. The summed E-state index contributed by atoms with van der Waals surface area (Å²) in [5.74, 6) is -0.408. The van der Waals surface area contributed by atoms with Gasteiger partial charge < -0.3 is 15.4 Å². The maximum absolute atomic E-state index is 13.6. The van der Waals surface area contributed by atoms with Crippen LogP contribution in [0.15, 0.2) is 53.4 Å². The van der Waals surface area contributed by atoms with Crippen molar-refractivity contribution in [1.82, 2.24) is 0 Å². The molecule has 1 aliphatic carbocycles. The summed E-state index contributed by atoms with van der Waals surface area (Å²) in [6.07, 6.45) is 0. The maximum Gasteiger partial charge on any atom is 0.294 e. The number of carbonyl (C=O) groups is 2. The first-order valence-corrected chi connectivity index (χ1v) is 12.0. The van der Waals surface area contributed by atoms with Gasteiger partial charge in [0.1, 0.15) is 10.6 Å². The molecule has 0 atom stereocenters. The van der Waals surface area contributed by atoms with Gasteiger partial charge in [-0.2, -0.15) is 8.42 Å². The van der Waals surface area contributed by atoms with Gasteiger partial charge in [0.2, 0.25) is 0 Å². The molecule has 0 saturated heterocycles. The average molecular weight is 481 g/mol. The van der Waals surface area contributed by atoms with E-state index in [9.17, 15) is 22.6 Å². The van der Waals surface area contributed by atoms with E-state index in [0.717, 1.165) is 0 Å². The number of benzene rings is 3. The van der Waals surface area contributed by atoms with E-state index in [4.69, 9.17) is 4.74 Å². The van der Waals surface area contributed by atoms with Crippen LogP contribution in [0.1, 0.15) is 51.3 Å². The Kier molecular flexibility index (Phi) is 5.93. The number of anilines is 3. The van der Waals surface area contributed by atoms with E-state index in [2.05, 4.69) is 10.6 Å². The van der Waals surface area contributed by atoms with Crippen molar-refractivity contribution in [3.63, 3.8) is 0 Å². The molecule has 8 nitrogen and oxygen atoms in total. The summed E-state index contributed by atoms with van der Waals surface area (Å²) in [7, 11) is -3.16. The van der Waals surface area contributed by atoms with Crippen LogP contribution in [0.4, 0.5) is 17.1 Å². The zero-order chi connectivity index (χ0) is 24.8. The van der Waals surface area contributed by atoms with Crippen molar-refractivity contribution in [2.24, 2.45) is 0 Å². The standard InChI is InChI=1S/C25H24N2O6S/c1-13(2)26-18-9-10-19(23-22(18)24(28)16-7-5-6-8-17(16)25(23)29)27-20-11-15(33-4)12-21(14(20)3)34(30,31)32/h5-13,26-27H,1-4H3,(H,30,31,32). The van der Waals surface area contributed by atoms with E-state index in [1.165, 1.54) is 20.1 Å². The third kappa shape index (κ3) is 4.04. The van der Waals surface area contributed by atoms with Crippen LogP contribution in [0.3, 0.4) is 0 Å². The van der Waals surface area contributed by atoms with Crippen molar-refractivity contribution < 1.29 is 27.3 Å². The first kappa shape index (κ1) is 23.5. The molecule has 1 aliphatic rings. The first-order valence-electron chi connectivity index (χ1n) is 10.6. The quantitative estimate of drug-likeness (QED) is 0.343. The van der Waals surface area contributed by atoms with Gasteiger partial charge in [-0.05, 0) is 38.5 Å². The Bertz CT molecular complexity index is 1440. The second-order valence-electron chi connectivity index (χ2n) is 8.31. The molecular weight excluding hydrogens is 456 g/mol. The molecule has 0 spiro atoms. The zero-order valence-electron chi connectivity index (χ0n) is 19.1. The minimum Gasteiger partial charge on any atom is -0.497 e. The molecule has 0 bridgehead atoms. The number of ether oxygens (including phenoxy) is 1. The minimum absolute atomic E-state index is 0.0147. The predicted molar refractivity (Wildman–Crippen MR) is 129 cm³/mol. The molecule has 0 aromatic heterocycles. The average Bonchev–Trinajstić information content (AvgIpc) is 2.78. The van der Waals surface area contributed by atoms with Crippen LogP contribution in [0, 0.1) is 6.92 Å². The number of methoxy groups -OCH3 is 1. The lowest BCUT2D eigenvalue weighted by molar-refractivity contribution is 0.0980. The van der Waals surface area contributed by atoms with Gasteiger partial charge in [0, 0.05) is 40.7 Å². The number of nitrogens with one attached hydrogen (secondary N) is 2. The van der Waals surface area contributed by atoms with Gasteiger partial charge in [0.15, 0.2) is 11.6 Å². The molecule has 4 rings (SSSR count). The molecule has 9 heteroatoms. The lowest BCUT2D eigenvalue weighted by atomic mass is 9.82. The van der Waals surface area contributed by atoms with Gasteiger partial charge >= 0.3 is 0 Å². The molecule has 0 aliphatic heterocycles. The van der Waals surface area contributed by atoms with Crippen molar-refractivity contribution in [2.75, 3.05) is 17.7 Å². The zero-order valence-corrected chi connectivity index (χ0v) is 19.9. The molecule has 3 aromatic rings. The third-order valence-electron chi connectivity index (χ3n) is 5.64. The summed E-state index contributed by atoms with van der Waals surface area (Å²) < 4.78 is 38.7. The Morgan fingerprint density at radius 3 is 1.97 bits per heavy atom. The van der Waals surface area contributed by atoms with Gasteiger partial charge in [0.25, 0.3) is 10.1 Å². The molecule has 3 aromatic carbocycles. The SMILES string of the molecule is COc1cc(Nc2ccc(NC(C)C)c3c2C(=O)c2ccccc2C3=O)c(C)c(S(=O)(=O)O)c1. The van der Waals surface area contributed by atoms with E-state index in [0.29, 0.717) is 28.2 Å². The van der Waals surface area contributed by atoms with Crippen molar-refractivity contribution in [3.05, 3.63) is 76.3 Å². The number of rotatable bonds is 6. The molecule has 3 N–H and O–H groups in total. The van der Waals surface area contributed by atoms with E-state index >= 15 is 0 Å². The van der Waals surface area contributed by atoms with Crippen LogP contribution in [0.2, 0.25) is 0 Å². The second kappa shape index (κ2) is 8.58. The third-order valence-corrected chi connectivity index (χ3v) is 6.62. The fourth-order valence-electron chi connectivity index (χ4n) is 4.08. The lowest BCUT2D eigenvalue weighted by Gasteiger charge is -2.25. The van der Waals surface area contributed by atoms with Crippen LogP contribution in [0.5, 0.6) is 5.75 Å². The molecule has 34 heavy (non-hydrogen) atoms. The summed E-state index contributed by atoms with van der Waals surface area (Å²) in [5, 5.41) is 6.32. The number of ketones is 2. The van der Waals surface area contributed by atoms with Crippen molar-refractivity contribution in [2.45, 2.75) is 31.7 Å². The fraction of sp³-hybridized carbons (Fsp3) is 0.200. The Balaban J connectivity index is 1.94. The molecule has 0 fully saturated rings. The van der Waals surface area contributed by atoms with E-state index in [1.807, 2.05) is 13.8 Å². The topological polar surface area (TPSA) is 122 Å². The van der Waals surface area contributed by atoms with E-state index < -0.39 is 10.1 Å². The van der Waals surface area contributed by atoms with Crippen LogP contribution in [-0.2, 0) is 10.1 Å². The van der Waals surface area contributed by atoms with Gasteiger partial charge in [0.05, 0.1) is 23.9 Å². The highest BCUT2D eigenvalue weighted by molar-refractivity contribution is 7.85. The van der Waals surface area contributed by atoms with Gasteiger partial charge in [-0.1, -0.05) is 24.3 Å². The van der Waals surface area contributed by atoms with Crippen LogP contribution in [-0.4, -0.2) is 37.7 Å². The van der Waals surface area contributed by atoms with Gasteiger partial charge in [-0.25, -0.2) is 0 Å². The Hall–Kier alpha value is -3.69. The van der Waals surface area contributed by atoms with E-state index in [1.54, 1.807) is 42.5 Å². The molecular formula is C25H24N2O6S. The predicted octanol–water partition coefficient (Wildman–Crippen LogP) is 4.59. The molecule has 0 saturated carbocycles. The van der Waals surface area contributed by atoms with E-state index in [-0.39, 0.29) is 44.9 Å². The summed E-state index contributed by atoms with van der Waals surface area (Å²) in [5.41, 5.74) is 2.46. The Morgan fingerprint density at radius 1 is 0.882 bits per heavy atom. The highest BCUT2D eigenvalue weighted by Gasteiger charge is 2.34. The van der Waals surface area contributed by atoms with Crippen LogP contribution in [0.25, 0.3) is 0 Å². The van der Waals surface area contributed by atoms with Crippen molar-refractivity contribution in [1.29, 1.82) is 0 Å². The summed E-state index contributed by atoms with van der Waals surface area (Å²) in [6, 6.07) is 12.8. The van der Waals surface area contributed by atoms with Crippen LogP contribution < -0.4 is 15.4 Å². The summed E-state index contributed by atoms with van der Waals surface area (Å²) in [4.78, 5) is 26.7. The Morgan fingerprint density at radius 2 is 1.44 bits per heavy atom. The minimum atomic E-state index is -4.53.